The molecule has 2 heterocycles. The molecular formula is C19H20N2O6. The van der Waals surface area contributed by atoms with E-state index in [2.05, 4.69) is 5.32 Å². The summed E-state index contributed by atoms with van der Waals surface area (Å²) in [4.78, 5) is 38.7. The first-order chi connectivity index (χ1) is 12.7. The van der Waals surface area contributed by atoms with Gasteiger partial charge in [-0.15, -0.1) is 0 Å². The Bertz CT molecular complexity index is 915. The lowest BCUT2D eigenvalue weighted by atomic mass is 9.67. The van der Waals surface area contributed by atoms with Crippen molar-refractivity contribution in [2.24, 2.45) is 5.73 Å². The van der Waals surface area contributed by atoms with E-state index < -0.39 is 29.4 Å². The van der Waals surface area contributed by atoms with Gasteiger partial charge < -0.3 is 25.3 Å². The molecule has 3 rings (SSSR count). The number of carbonyl (C=O) groups is 3. The average molecular weight is 372 g/mol. The van der Waals surface area contributed by atoms with E-state index in [1.54, 1.807) is 45.0 Å². The Morgan fingerprint density at radius 3 is 2.48 bits per heavy atom. The fourth-order valence-electron chi connectivity index (χ4n) is 3.51. The van der Waals surface area contributed by atoms with E-state index in [1.807, 2.05) is 0 Å². The Kier molecular flexibility index (Phi) is 4.43. The minimum atomic E-state index is -1.82. The maximum absolute atomic E-state index is 13.2. The smallest absolute Gasteiger partial charge is 0.341 e. The number of fused-ring (bicyclic) bond motifs is 2. The van der Waals surface area contributed by atoms with Gasteiger partial charge in [0.1, 0.15) is 16.7 Å². The highest BCUT2D eigenvalue weighted by atomic mass is 16.5. The molecule has 8 nitrogen and oxygen atoms in total. The van der Waals surface area contributed by atoms with Crippen LogP contribution >= 0.6 is 0 Å². The predicted molar refractivity (Wildman–Crippen MR) is 94.0 cm³/mol. The molecule has 0 saturated heterocycles. The highest BCUT2D eigenvalue weighted by Gasteiger charge is 2.61. The first-order valence-corrected chi connectivity index (χ1v) is 8.34. The number of hydrogen-bond donors (Lipinski definition) is 2. The molecule has 1 spiro atoms. The number of hydrogen-bond acceptors (Lipinski definition) is 7. The van der Waals surface area contributed by atoms with E-state index in [0.29, 0.717) is 5.56 Å². The van der Waals surface area contributed by atoms with Gasteiger partial charge in [0.2, 0.25) is 11.8 Å². The molecule has 0 radical (unpaired) electrons. The highest BCUT2D eigenvalue weighted by Crippen LogP contribution is 2.51. The maximum atomic E-state index is 13.2. The first-order valence-electron chi connectivity index (χ1n) is 8.34. The maximum Gasteiger partial charge on any atom is 0.341 e. The zero-order valence-corrected chi connectivity index (χ0v) is 15.4. The molecule has 3 N–H and O–H groups in total. The number of methoxy groups -OCH3 is 1. The minimum Gasteiger partial charge on any atom is -0.466 e. The van der Waals surface area contributed by atoms with Crippen molar-refractivity contribution in [3.05, 3.63) is 52.6 Å². The summed E-state index contributed by atoms with van der Waals surface area (Å²) in [5, 5.41) is 2.63. The van der Waals surface area contributed by atoms with E-state index in [9.17, 15) is 14.4 Å². The van der Waals surface area contributed by atoms with Crippen LogP contribution in [0.2, 0.25) is 0 Å². The van der Waals surface area contributed by atoms with Crippen LogP contribution in [0, 0.1) is 0 Å². The Morgan fingerprint density at radius 2 is 1.85 bits per heavy atom. The number of benzene rings is 1. The molecule has 1 aromatic rings. The lowest BCUT2D eigenvalue weighted by Gasteiger charge is -2.36. The van der Waals surface area contributed by atoms with Crippen molar-refractivity contribution in [3.8, 4) is 5.75 Å². The molecule has 0 saturated carbocycles. The summed E-state index contributed by atoms with van der Waals surface area (Å²) >= 11 is 0. The average Bonchev–Trinajstić information content (AvgIpc) is 2.84. The molecule has 0 fully saturated rings. The van der Waals surface area contributed by atoms with Crippen molar-refractivity contribution in [3.63, 3.8) is 0 Å². The largest absolute Gasteiger partial charge is 0.466 e. The van der Waals surface area contributed by atoms with Gasteiger partial charge in [-0.3, -0.25) is 4.79 Å². The highest BCUT2D eigenvalue weighted by molar-refractivity contribution is 6.17. The lowest BCUT2D eigenvalue weighted by molar-refractivity contribution is -0.145. The standard InChI is InChI=1S/C19H20N2O6/c1-9(2)26-17(23)14-15(20)27-12-8-6-5-7-11(12)19(14)13(16(22)25-4)10(3)21-18(19)24/h5-9H,20H2,1-4H3,(H,21,24)/t19-/m1/s1. The number of allylic oxidation sites excluding steroid dienone is 1. The summed E-state index contributed by atoms with van der Waals surface area (Å²) in [6, 6.07) is 6.57. The fraction of sp³-hybridized carbons (Fsp3) is 0.316. The van der Waals surface area contributed by atoms with Gasteiger partial charge in [0.05, 0.1) is 18.8 Å². The summed E-state index contributed by atoms with van der Waals surface area (Å²) in [5.74, 6) is -2.24. The van der Waals surface area contributed by atoms with Crippen LogP contribution in [0.1, 0.15) is 26.3 Å². The third kappa shape index (κ3) is 2.56. The SMILES string of the molecule is COC(=O)C1=C(C)NC(=O)[C@@]12C(C(=O)OC(C)C)=C(N)Oc1ccccc12. The zero-order chi connectivity index (χ0) is 19.9. The molecule has 0 unspecified atom stereocenters. The number of carbonyl (C=O) groups excluding carboxylic acids is 3. The van der Waals surface area contributed by atoms with E-state index in [1.165, 1.54) is 7.11 Å². The molecule has 0 aliphatic carbocycles. The summed E-state index contributed by atoms with van der Waals surface area (Å²) in [6.45, 7) is 4.88. The molecule has 1 aromatic carbocycles. The molecule has 27 heavy (non-hydrogen) atoms. The molecule has 1 amide bonds. The third-order valence-corrected chi connectivity index (χ3v) is 4.46. The van der Waals surface area contributed by atoms with E-state index in [4.69, 9.17) is 19.9 Å². The van der Waals surface area contributed by atoms with Crippen molar-refractivity contribution in [1.82, 2.24) is 5.32 Å². The van der Waals surface area contributed by atoms with Gasteiger partial charge in [0, 0.05) is 11.3 Å². The minimum absolute atomic E-state index is 0.0237. The first kappa shape index (κ1) is 18.5. The molecule has 142 valence electrons. The van der Waals surface area contributed by atoms with Crippen molar-refractivity contribution in [1.29, 1.82) is 0 Å². The van der Waals surface area contributed by atoms with E-state index >= 15 is 0 Å². The Hall–Kier alpha value is -3.29. The van der Waals surface area contributed by atoms with Crippen LogP contribution in [0.3, 0.4) is 0 Å². The van der Waals surface area contributed by atoms with Gasteiger partial charge in [-0.1, -0.05) is 18.2 Å². The van der Waals surface area contributed by atoms with Gasteiger partial charge in [-0.05, 0) is 26.8 Å². The number of esters is 2. The Balaban J connectivity index is 2.38. The molecular weight excluding hydrogens is 352 g/mol. The fourth-order valence-corrected chi connectivity index (χ4v) is 3.51. The summed E-state index contributed by atoms with van der Waals surface area (Å²) in [7, 11) is 1.20. The monoisotopic (exact) mass is 372 g/mol. The number of para-hydroxylation sites is 1. The molecule has 0 bridgehead atoms. The van der Waals surface area contributed by atoms with Gasteiger partial charge in [0.25, 0.3) is 0 Å². The second-order valence-corrected chi connectivity index (χ2v) is 6.49. The summed E-state index contributed by atoms with van der Waals surface area (Å²) in [5.41, 5.74) is 4.53. The second kappa shape index (κ2) is 6.46. The predicted octanol–water partition coefficient (Wildman–Crippen LogP) is 1.02. The number of amides is 1. The number of nitrogens with two attached hydrogens (primary N) is 1. The van der Waals surface area contributed by atoms with Crippen LogP contribution < -0.4 is 15.8 Å². The zero-order valence-electron chi connectivity index (χ0n) is 15.4. The van der Waals surface area contributed by atoms with Crippen LogP contribution in [0.4, 0.5) is 0 Å². The molecule has 0 aromatic heterocycles. The normalized spacial score (nSPS) is 21.1. The quantitative estimate of drug-likeness (QED) is 0.761. The van der Waals surface area contributed by atoms with Gasteiger partial charge >= 0.3 is 11.9 Å². The third-order valence-electron chi connectivity index (χ3n) is 4.46. The number of ether oxygens (including phenoxy) is 3. The lowest BCUT2D eigenvalue weighted by Crippen LogP contribution is -2.49. The van der Waals surface area contributed by atoms with Gasteiger partial charge in [0.15, 0.2) is 0 Å². The van der Waals surface area contributed by atoms with Crippen LogP contribution in [0.15, 0.2) is 47.0 Å². The van der Waals surface area contributed by atoms with Crippen LogP contribution in [0.25, 0.3) is 0 Å². The van der Waals surface area contributed by atoms with E-state index in [-0.39, 0.29) is 28.5 Å². The summed E-state index contributed by atoms with van der Waals surface area (Å²) < 4.78 is 15.8. The van der Waals surface area contributed by atoms with Crippen LogP contribution in [0.5, 0.6) is 5.75 Å². The number of rotatable bonds is 3. The van der Waals surface area contributed by atoms with Crippen LogP contribution in [-0.2, 0) is 29.3 Å². The molecule has 1 atom stereocenters. The van der Waals surface area contributed by atoms with Crippen LogP contribution in [-0.4, -0.2) is 31.1 Å². The second-order valence-electron chi connectivity index (χ2n) is 6.49. The summed E-state index contributed by atoms with van der Waals surface area (Å²) in [6.07, 6.45) is -0.469. The number of nitrogens with one attached hydrogen (secondary N) is 1. The van der Waals surface area contributed by atoms with Gasteiger partial charge in [-0.25, -0.2) is 9.59 Å². The Morgan fingerprint density at radius 1 is 1.19 bits per heavy atom. The van der Waals surface area contributed by atoms with Crippen molar-refractivity contribution in [2.75, 3.05) is 7.11 Å². The molecule has 2 aliphatic heterocycles. The van der Waals surface area contributed by atoms with Crippen molar-refractivity contribution in [2.45, 2.75) is 32.3 Å². The molecule has 8 heteroatoms. The molecule has 2 aliphatic rings. The Labute approximate surface area is 155 Å². The topological polar surface area (TPSA) is 117 Å². The van der Waals surface area contributed by atoms with Gasteiger partial charge in [-0.2, -0.15) is 0 Å². The van der Waals surface area contributed by atoms with Crippen molar-refractivity contribution >= 4 is 17.8 Å². The van der Waals surface area contributed by atoms with E-state index in [0.717, 1.165) is 0 Å². The van der Waals surface area contributed by atoms with Crippen molar-refractivity contribution < 1.29 is 28.6 Å².